The number of hydrogen-bond acceptors (Lipinski definition) is 2. The Labute approximate surface area is 123 Å². The number of aliphatic carboxylic acids is 1. The van der Waals surface area contributed by atoms with Crippen molar-refractivity contribution in [2.24, 2.45) is 0 Å². The molecule has 0 radical (unpaired) electrons. The molecule has 0 bridgehead atoms. The van der Waals surface area contributed by atoms with Crippen LogP contribution in [0.15, 0.2) is 54.6 Å². The molecule has 2 aromatic carbocycles. The van der Waals surface area contributed by atoms with Gasteiger partial charge in [0.15, 0.2) is 0 Å². The Hall–Kier alpha value is -1.74. The minimum atomic E-state index is -0.754. The average molecular weight is 286 g/mol. The van der Waals surface area contributed by atoms with Crippen LogP contribution in [0.2, 0.25) is 0 Å². The van der Waals surface area contributed by atoms with E-state index in [1.807, 2.05) is 36.4 Å². The number of carboxylic acid groups (broad SMARTS) is 1. The lowest BCUT2D eigenvalue weighted by Gasteiger charge is -2.15. The molecule has 0 saturated carbocycles. The van der Waals surface area contributed by atoms with Gasteiger partial charge in [-0.2, -0.15) is 0 Å². The van der Waals surface area contributed by atoms with Gasteiger partial charge in [0, 0.05) is 11.0 Å². The van der Waals surface area contributed by atoms with Crippen LogP contribution in [-0.4, -0.2) is 11.1 Å². The predicted octanol–water partition coefficient (Wildman–Crippen LogP) is 4.44. The second-order valence-electron chi connectivity index (χ2n) is 4.80. The van der Waals surface area contributed by atoms with E-state index in [1.165, 1.54) is 11.1 Å². The van der Waals surface area contributed by atoms with Crippen molar-refractivity contribution in [3.05, 3.63) is 71.3 Å². The first-order valence-corrected chi connectivity index (χ1v) is 7.64. The predicted molar refractivity (Wildman–Crippen MR) is 83.9 cm³/mol. The molecule has 2 aromatic rings. The van der Waals surface area contributed by atoms with Crippen LogP contribution in [0.3, 0.4) is 0 Å². The highest BCUT2D eigenvalue weighted by molar-refractivity contribution is 7.98. The fourth-order valence-electron chi connectivity index (χ4n) is 2.10. The number of carbonyl (C=O) groups is 1. The van der Waals surface area contributed by atoms with E-state index in [0.29, 0.717) is 0 Å². The fraction of sp³-hybridized carbons (Fsp3) is 0.235. The summed E-state index contributed by atoms with van der Waals surface area (Å²) in [6.45, 7) is 2.07. The molecule has 1 atom stereocenters. The lowest BCUT2D eigenvalue weighted by molar-refractivity contribution is -0.137. The Morgan fingerprint density at radius 2 is 1.90 bits per heavy atom. The van der Waals surface area contributed by atoms with E-state index in [9.17, 15) is 4.79 Å². The molecule has 104 valence electrons. The molecule has 20 heavy (non-hydrogen) atoms. The van der Waals surface area contributed by atoms with E-state index in [1.54, 1.807) is 11.8 Å². The Balaban J connectivity index is 2.07. The fourth-order valence-corrected chi connectivity index (χ4v) is 3.28. The van der Waals surface area contributed by atoms with Gasteiger partial charge >= 0.3 is 5.97 Å². The van der Waals surface area contributed by atoms with Gasteiger partial charge in [-0.15, -0.1) is 11.8 Å². The third-order valence-corrected chi connectivity index (χ3v) is 4.41. The Bertz CT molecular complexity index is 566. The minimum absolute atomic E-state index is 0.00536. The van der Waals surface area contributed by atoms with Gasteiger partial charge in [-0.05, 0) is 18.1 Å². The van der Waals surface area contributed by atoms with Crippen molar-refractivity contribution in [3.63, 3.8) is 0 Å². The monoisotopic (exact) mass is 286 g/mol. The third-order valence-electron chi connectivity index (χ3n) is 3.07. The van der Waals surface area contributed by atoms with Crippen LogP contribution in [0.5, 0.6) is 0 Å². The van der Waals surface area contributed by atoms with Gasteiger partial charge in [-0.1, -0.05) is 60.2 Å². The SMILES string of the molecule is Cc1cccc(CSC(CC(=O)O)c2ccccc2)c1. The quantitative estimate of drug-likeness (QED) is 0.852. The van der Waals surface area contributed by atoms with Crippen LogP contribution in [0, 0.1) is 6.92 Å². The molecule has 1 unspecified atom stereocenters. The third kappa shape index (κ3) is 4.42. The van der Waals surface area contributed by atoms with Crippen molar-refractivity contribution in [1.82, 2.24) is 0 Å². The number of rotatable bonds is 6. The van der Waals surface area contributed by atoms with Crippen molar-refractivity contribution in [2.45, 2.75) is 24.3 Å². The van der Waals surface area contributed by atoms with Crippen LogP contribution in [0.1, 0.15) is 28.4 Å². The molecule has 0 fully saturated rings. The smallest absolute Gasteiger partial charge is 0.304 e. The van der Waals surface area contributed by atoms with E-state index in [-0.39, 0.29) is 11.7 Å². The first-order valence-electron chi connectivity index (χ1n) is 6.59. The van der Waals surface area contributed by atoms with Crippen LogP contribution < -0.4 is 0 Å². The molecule has 2 rings (SSSR count). The van der Waals surface area contributed by atoms with Crippen molar-refractivity contribution in [1.29, 1.82) is 0 Å². The molecule has 0 saturated heterocycles. The summed E-state index contributed by atoms with van der Waals surface area (Å²) in [6, 6.07) is 18.2. The van der Waals surface area contributed by atoms with E-state index in [2.05, 4.69) is 25.1 Å². The van der Waals surface area contributed by atoms with Crippen molar-refractivity contribution < 1.29 is 9.90 Å². The molecule has 0 aliphatic carbocycles. The van der Waals surface area contributed by atoms with Crippen molar-refractivity contribution in [3.8, 4) is 0 Å². The molecule has 0 heterocycles. The second kappa shape index (κ2) is 7.15. The first kappa shape index (κ1) is 14.7. The zero-order chi connectivity index (χ0) is 14.4. The normalized spacial score (nSPS) is 12.1. The highest BCUT2D eigenvalue weighted by Gasteiger charge is 2.15. The Morgan fingerprint density at radius 3 is 2.55 bits per heavy atom. The number of benzene rings is 2. The number of aryl methyl sites for hydroxylation is 1. The van der Waals surface area contributed by atoms with Gasteiger partial charge in [0.1, 0.15) is 0 Å². The maximum absolute atomic E-state index is 11.0. The van der Waals surface area contributed by atoms with E-state index >= 15 is 0 Å². The topological polar surface area (TPSA) is 37.3 Å². The Morgan fingerprint density at radius 1 is 1.15 bits per heavy atom. The average Bonchev–Trinajstić information content (AvgIpc) is 2.44. The molecule has 0 aliphatic rings. The summed E-state index contributed by atoms with van der Waals surface area (Å²) in [5.74, 6) is 0.0738. The lowest BCUT2D eigenvalue weighted by Crippen LogP contribution is -2.03. The van der Waals surface area contributed by atoms with Crippen LogP contribution in [-0.2, 0) is 10.5 Å². The van der Waals surface area contributed by atoms with Gasteiger partial charge in [0.2, 0.25) is 0 Å². The summed E-state index contributed by atoms with van der Waals surface area (Å²) >= 11 is 1.68. The lowest BCUT2D eigenvalue weighted by atomic mass is 10.1. The largest absolute Gasteiger partial charge is 0.481 e. The molecule has 0 spiro atoms. The van der Waals surface area contributed by atoms with Gasteiger partial charge in [0.05, 0.1) is 6.42 Å². The van der Waals surface area contributed by atoms with Crippen molar-refractivity contribution >= 4 is 17.7 Å². The summed E-state index contributed by atoms with van der Waals surface area (Å²) in [7, 11) is 0. The summed E-state index contributed by atoms with van der Waals surface area (Å²) in [5, 5.41) is 9.07. The van der Waals surface area contributed by atoms with E-state index in [0.717, 1.165) is 11.3 Å². The first-order chi connectivity index (χ1) is 9.65. The molecule has 0 amide bonds. The minimum Gasteiger partial charge on any atom is -0.481 e. The van der Waals surface area contributed by atoms with Crippen molar-refractivity contribution in [2.75, 3.05) is 0 Å². The summed E-state index contributed by atoms with van der Waals surface area (Å²) in [5.41, 5.74) is 3.55. The number of thioether (sulfide) groups is 1. The maximum Gasteiger partial charge on any atom is 0.304 e. The highest BCUT2D eigenvalue weighted by atomic mass is 32.2. The molecular weight excluding hydrogens is 268 g/mol. The molecule has 2 nitrogen and oxygen atoms in total. The van der Waals surface area contributed by atoms with Crippen LogP contribution in [0.4, 0.5) is 0 Å². The summed E-state index contributed by atoms with van der Waals surface area (Å²) < 4.78 is 0. The van der Waals surface area contributed by atoms with Crippen LogP contribution in [0.25, 0.3) is 0 Å². The molecule has 0 aromatic heterocycles. The molecule has 1 N–H and O–H groups in total. The van der Waals surface area contributed by atoms with E-state index < -0.39 is 5.97 Å². The summed E-state index contributed by atoms with van der Waals surface area (Å²) in [6.07, 6.45) is 0.153. The zero-order valence-corrected chi connectivity index (χ0v) is 12.3. The molecule has 0 aliphatic heterocycles. The van der Waals surface area contributed by atoms with Crippen LogP contribution >= 0.6 is 11.8 Å². The van der Waals surface area contributed by atoms with Gasteiger partial charge in [-0.3, -0.25) is 4.79 Å². The maximum atomic E-state index is 11.0. The number of hydrogen-bond donors (Lipinski definition) is 1. The van der Waals surface area contributed by atoms with Gasteiger partial charge in [0.25, 0.3) is 0 Å². The van der Waals surface area contributed by atoms with Gasteiger partial charge in [-0.25, -0.2) is 0 Å². The van der Waals surface area contributed by atoms with Gasteiger partial charge < -0.3 is 5.11 Å². The molecular formula is C17H18O2S. The summed E-state index contributed by atoms with van der Waals surface area (Å²) in [4.78, 5) is 11.0. The zero-order valence-electron chi connectivity index (χ0n) is 11.5. The second-order valence-corrected chi connectivity index (χ2v) is 5.99. The number of carboxylic acids is 1. The van der Waals surface area contributed by atoms with E-state index in [4.69, 9.17) is 5.11 Å². The Kier molecular flexibility index (Phi) is 5.24. The highest BCUT2D eigenvalue weighted by Crippen LogP contribution is 2.34. The molecule has 3 heteroatoms. The standard InChI is InChI=1S/C17H18O2S/c1-13-6-5-7-14(10-13)12-20-16(11-17(18)19)15-8-3-2-4-9-15/h2-10,16H,11-12H2,1H3,(H,18,19).